The molecule has 0 saturated carbocycles. The van der Waals surface area contributed by atoms with Crippen LogP contribution < -0.4 is 5.32 Å². The Morgan fingerprint density at radius 1 is 1.50 bits per heavy atom. The second-order valence-electron chi connectivity index (χ2n) is 3.66. The molecule has 0 atom stereocenters. The summed E-state index contributed by atoms with van der Waals surface area (Å²) in [6.07, 6.45) is 0. The first-order valence-corrected chi connectivity index (χ1v) is 5.97. The van der Waals surface area contributed by atoms with E-state index in [0.29, 0.717) is 10.1 Å². The van der Waals surface area contributed by atoms with Crippen molar-refractivity contribution in [3.63, 3.8) is 0 Å². The van der Waals surface area contributed by atoms with Crippen molar-refractivity contribution in [2.75, 3.05) is 27.2 Å². The normalized spacial score (nSPS) is 10.6. The predicted molar refractivity (Wildman–Crippen MR) is 70.0 cm³/mol. The third kappa shape index (κ3) is 3.71. The first kappa shape index (κ1) is 13.4. The molecule has 0 heterocycles. The highest BCUT2D eigenvalue weighted by Crippen LogP contribution is 2.15. The molecule has 0 aliphatic heterocycles. The van der Waals surface area contributed by atoms with Gasteiger partial charge in [0.1, 0.15) is 5.82 Å². The third-order valence-corrected chi connectivity index (χ3v) is 2.93. The molecule has 3 nitrogen and oxygen atoms in total. The second-order valence-corrected chi connectivity index (χ2v) is 4.82. The van der Waals surface area contributed by atoms with E-state index in [4.69, 9.17) is 0 Å². The Morgan fingerprint density at radius 3 is 2.75 bits per heavy atom. The number of likely N-dealkylation sites (N-methyl/N-ethyl adjacent to an activating group) is 1. The molecule has 5 heteroatoms. The number of rotatable bonds is 4. The van der Waals surface area contributed by atoms with Gasteiger partial charge in [-0.15, -0.1) is 0 Å². The van der Waals surface area contributed by atoms with Crippen molar-refractivity contribution in [1.82, 2.24) is 10.2 Å². The lowest BCUT2D eigenvalue weighted by molar-refractivity contribution is 0.0946. The SMILES string of the molecule is CN(C)CCNC(=O)c1c(F)cccc1I. The van der Waals surface area contributed by atoms with Crippen LogP contribution in [0.25, 0.3) is 0 Å². The summed E-state index contributed by atoms with van der Waals surface area (Å²) in [5.41, 5.74) is 0.127. The Balaban J connectivity index is 2.66. The average molecular weight is 336 g/mol. The maximum absolute atomic E-state index is 13.4. The van der Waals surface area contributed by atoms with Gasteiger partial charge >= 0.3 is 0 Å². The molecule has 0 aliphatic carbocycles. The minimum Gasteiger partial charge on any atom is -0.351 e. The summed E-state index contributed by atoms with van der Waals surface area (Å²) in [6.45, 7) is 1.24. The van der Waals surface area contributed by atoms with E-state index in [1.54, 1.807) is 12.1 Å². The molecule has 1 amide bonds. The largest absolute Gasteiger partial charge is 0.351 e. The summed E-state index contributed by atoms with van der Waals surface area (Å²) in [7, 11) is 3.83. The maximum Gasteiger partial charge on any atom is 0.255 e. The van der Waals surface area contributed by atoms with Gasteiger partial charge in [0.2, 0.25) is 0 Å². The Kier molecular flexibility index (Phi) is 5.14. The van der Waals surface area contributed by atoms with Crippen molar-refractivity contribution in [1.29, 1.82) is 0 Å². The average Bonchev–Trinajstić information content (AvgIpc) is 2.16. The zero-order valence-electron chi connectivity index (χ0n) is 9.26. The van der Waals surface area contributed by atoms with Gasteiger partial charge in [0.15, 0.2) is 0 Å². The second kappa shape index (κ2) is 6.15. The molecule has 16 heavy (non-hydrogen) atoms. The number of carbonyl (C=O) groups excluding carboxylic acids is 1. The van der Waals surface area contributed by atoms with E-state index in [-0.39, 0.29) is 11.5 Å². The van der Waals surface area contributed by atoms with Crippen LogP contribution in [0.3, 0.4) is 0 Å². The first-order chi connectivity index (χ1) is 7.52. The van der Waals surface area contributed by atoms with Crippen LogP contribution in [-0.2, 0) is 0 Å². The van der Waals surface area contributed by atoms with Gasteiger partial charge in [-0.1, -0.05) is 6.07 Å². The topological polar surface area (TPSA) is 32.3 Å². The summed E-state index contributed by atoms with van der Waals surface area (Å²) in [5, 5.41) is 2.69. The molecule has 0 aromatic heterocycles. The zero-order valence-corrected chi connectivity index (χ0v) is 11.4. The molecule has 0 saturated heterocycles. The summed E-state index contributed by atoms with van der Waals surface area (Å²) in [4.78, 5) is 13.6. The number of hydrogen-bond acceptors (Lipinski definition) is 2. The van der Waals surface area contributed by atoms with Crippen molar-refractivity contribution in [2.24, 2.45) is 0 Å². The molecular formula is C11H14FIN2O. The van der Waals surface area contributed by atoms with Crippen molar-refractivity contribution in [2.45, 2.75) is 0 Å². The molecule has 1 aromatic carbocycles. The van der Waals surface area contributed by atoms with Gasteiger partial charge in [0.25, 0.3) is 5.91 Å². The van der Waals surface area contributed by atoms with Crippen LogP contribution in [0.5, 0.6) is 0 Å². The highest BCUT2D eigenvalue weighted by atomic mass is 127. The van der Waals surface area contributed by atoms with E-state index in [0.717, 1.165) is 6.54 Å². The fraction of sp³-hybridized carbons (Fsp3) is 0.364. The van der Waals surface area contributed by atoms with Crippen LogP contribution in [0, 0.1) is 9.39 Å². The van der Waals surface area contributed by atoms with Crippen LogP contribution in [0.2, 0.25) is 0 Å². The molecule has 1 rings (SSSR count). The summed E-state index contributed by atoms with van der Waals surface area (Å²) < 4.78 is 14.0. The first-order valence-electron chi connectivity index (χ1n) is 4.89. The fourth-order valence-corrected chi connectivity index (χ4v) is 1.91. The molecular weight excluding hydrogens is 322 g/mol. The summed E-state index contributed by atoms with van der Waals surface area (Å²) >= 11 is 1.96. The number of nitrogens with one attached hydrogen (secondary N) is 1. The molecule has 0 spiro atoms. The van der Waals surface area contributed by atoms with Crippen LogP contribution in [-0.4, -0.2) is 38.0 Å². The lowest BCUT2D eigenvalue weighted by atomic mass is 10.2. The fourth-order valence-electron chi connectivity index (χ4n) is 1.20. The van der Waals surface area contributed by atoms with Crippen molar-refractivity contribution < 1.29 is 9.18 Å². The minimum atomic E-state index is -0.478. The highest BCUT2D eigenvalue weighted by Gasteiger charge is 2.14. The van der Waals surface area contributed by atoms with E-state index in [1.807, 2.05) is 41.6 Å². The molecule has 0 bridgehead atoms. The smallest absolute Gasteiger partial charge is 0.255 e. The number of benzene rings is 1. The van der Waals surface area contributed by atoms with Crippen molar-refractivity contribution in [3.05, 3.63) is 33.1 Å². The molecule has 0 radical (unpaired) electrons. The van der Waals surface area contributed by atoms with Crippen LogP contribution in [0.15, 0.2) is 18.2 Å². The Labute approximate surface area is 108 Å². The molecule has 1 aromatic rings. The van der Waals surface area contributed by atoms with Crippen molar-refractivity contribution >= 4 is 28.5 Å². The van der Waals surface area contributed by atoms with E-state index in [2.05, 4.69) is 5.32 Å². The molecule has 1 N–H and O–H groups in total. The number of amides is 1. The van der Waals surface area contributed by atoms with Crippen LogP contribution in [0.1, 0.15) is 10.4 Å². The highest BCUT2D eigenvalue weighted by molar-refractivity contribution is 14.1. The van der Waals surface area contributed by atoms with Gasteiger partial charge in [-0.05, 0) is 48.8 Å². The quantitative estimate of drug-likeness (QED) is 0.850. The number of nitrogens with zero attached hydrogens (tertiary/aromatic N) is 1. The number of halogens is 2. The molecule has 88 valence electrons. The third-order valence-electron chi connectivity index (χ3n) is 2.03. The summed E-state index contributed by atoms with van der Waals surface area (Å²) in [5.74, 6) is -0.835. The molecule has 0 unspecified atom stereocenters. The standard InChI is InChI=1S/C11H14FIN2O/c1-15(2)7-6-14-11(16)10-8(12)4-3-5-9(10)13/h3-5H,6-7H2,1-2H3,(H,14,16). The predicted octanol–water partition coefficient (Wildman–Crippen LogP) is 1.72. The Morgan fingerprint density at radius 2 is 2.19 bits per heavy atom. The minimum absolute atomic E-state index is 0.127. The molecule has 0 fully saturated rings. The van der Waals surface area contributed by atoms with Gasteiger partial charge in [0, 0.05) is 16.7 Å². The van der Waals surface area contributed by atoms with Gasteiger partial charge in [0.05, 0.1) is 5.56 Å². The van der Waals surface area contributed by atoms with Gasteiger partial charge in [-0.25, -0.2) is 4.39 Å². The molecule has 0 aliphatic rings. The number of carbonyl (C=O) groups is 1. The van der Waals surface area contributed by atoms with Gasteiger partial charge < -0.3 is 10.2 Å². The van der Waals surface area contributed by atoms with Crippen LogP contribution in [0.4, 0.5) is 4.39 Å². The van der Waals surface area contributed by atoms with E-state index in [1.165, 1.54) is 6.07 Å². The van der Waals surface area contributed by atoms with E-state index < -0.39 is 5.82 Å². The van der Waals surface area contributed by atoms with Crippen LogP contribution >= 0.6 is 22.6 Å². The Hall–Kier alpha value is -0.690. The van der Waals surface area contributed by atoms with Gasteiger partial charge in [-0.2, -0.15) is 0 Å². The van der Waals surface area contributed by atoms with Gasteiger partial charge in [-0.3, -0.25) is 4.79 Å². The zero-order chi connectivity index (χ0) is 12.1. The lowest BCUT2D eigenvalue weighted by Gasteiger charge is -2.11. The van der Waals surface area contributed by atoms with Crippen molar-refractivity contribution in [3.8, 4) is 0 Å². The van der Waals surface area contributed by atoms with E-state index in [9.17, 15) is 9.18 Å². The Bertz CT molecular complexity index is 362. The summed E-state index contributed by atoms with van der Waals surface area (Å²) in [6, 6.07) is 4.60. The lowest BCUT2D eigenvalue weighted by Crippen LogP contribution is -2.32. The number of hydrogen-bond donors (Lipinski definition) is 1. The van der Waals surface area contributed by atoms with E-state index >= 15 is 0 Å². The maximum atomic E-state index is 13.4. The monoisotopic (exact) mass is 336 g/mol.